The molecule has 1 heterocycles. The van der Waals surface area contributed by atoms with Crippen molar-refractivity contribution in [3.63, 3.8) is 0 Å². The summed E-state index contributed by atoms with van der Waals surface area (Å²) in [5, 5.41) is 4.24. The zero-order valence-electron chi connectivity index (χ0n) is 11.7. The van der Waals surface area contributed by atoms with Crippen LogP contribution in [0.4, 0.5) is 0 Å². The van der Waals surface area contributed by atoms with Crippen molar-refractivity contribution in [2.45, 2.75) is 38.4 Å². The second-order valence-corrected chi connectivity index (χ2v) is 5.20. The van der Waals surface area contributed by atoms with Gasteiger partial charge < -0.3 is 14.3 Å². The van der Waals surface area contributed by atoms with Crippen LogP contribution in [0, 0.1) is 0 Å². The Morgan fingerprint density at radius 1 is 1.15 bits per heavy atom. The van der Waals surface area contributed by atoms with Crippen LogP contribution >= 0.6 is 0 Å². The third kappa shape index (κ3) is 3.38. The first kappa shape index (κ1) is 13.6. The fraction of sp³-hybridized carbons (Fsp3) is 0.562. The zero-order chi connectivity index (χ0) is 13.6. The molecule has 2 aliphatic rings. The van der Waals surface area contributed by atoms with Gasteiger partial charge in [0.15, 0.2) is 6.29 Å². The lowest BCUT2D eigenvalue weighted by molar-refractivity contribution is -0.169. The highest BCUT2D eigenvalue weighted by Gasteiger charge is 2.17. The molecule has 0 aromatic heterocycles. The first-order valence-electron chi connectivity index (χ1n) is 7.44. The number of hydrogen-bond donors (Lipinski definition) is 0. The van der Waals surface area contributed by atoms with E-state index in [0.717, 1.165) is 38.0 Å². The monoisotopic (exact) mass is 275 g/mol. The third-order valence-electron chi connectivity index (χ3n) is 3.75. The average Bonchev–Trinajstić information content (AvgIpc) is 2.91. The summed E-state index contributed by atoms with van der Waals surface area (Å²) in [6, 6.07) is 8.38. The Labute approximate surface area is 119 Å². The van der Waals surface area contributed by atoms with E-state index in [2.05, 4.69) is 23.4 Å². The lowest BCUT2D eigenvalue weighted by Crippen LogP contribution is -2.23. The number of aryl methyl sites for hydroxylation is 1. The van der Waals surface area contributed by atoms with Gasteiger partial charge in [-0.2, -0.15) is 0 Å². The molecule has 0 N–H and O–H groups in total. The van der Waals surface area contributed by atoms with Crippen LogP contribution in [0.5, 0.6) is 0 Å². The standard InChI is InChI=1S/C16H21NO3/c1-2-6-14-13(5-1)8-9-15(14)17-20-12-11-19-16-7-3-4-10-18-16/h1-2,5-6,16H,3-4,7-12H2/b17-15+. The van der Waals surface area contributed by atoms with Crippen molar-refractivity contribution in [3.8, 4) is 0 Å². The van der Waals surface area contributed by atoms with Gasteiger partial charge in [-0.25, -0.2) is 0 Å². The number of ether oxygens (including phenoxy) is 2. The van der Waals surface area contributed by atoms with Gasteiger partial charge in [-0.1, -0.05) is 29.4 Å². The molecule has 1 fully saturated rings. The van der Waals surface area contributed by atoms with Gasteiger partial charge in [-0.05, 0) is 37.7 Å². The molecule has 4 nitrogen and oxygen atoms in total. The van der Waals surface area contributed by atoms with Crippen LogP contribution in [0.1, 0.15) is 36.8 Å². The van der Waals surface area contributed by atoms with Crippen LogP contribution in [-0.2, 0) is 20.7 Å². The van der Waals surface area contributed by atoms with Gasteiger partial charge in [-0.15, -0.1) is 0 Å². The van der Waals surface area contributed by atoms with Crippen molar-refractivity contribution in [2.75, 3.05) is 19.8 Å². The molecule has 1 aliphatic heterocycles. The van der Waals surface area contributed by atoms with Gasteiger partial charge in [0.05, 0.1) is 12.3 Å². The van der Waals surface area contributed by atoms with E-state index in [1.54, 1.807) is 0 Å². The van der Waals surface area contributed by atoms with Gasteiger partial charge in [-0.3, -0.25) is 0 Å². The average molecular weight is 275 g/mol. The number of hydrogen-bond acceptors (Lipinski definition) is 4. The minimum Gasteiger partial charge on any atom is -0.393 e. The third-order valence-corrected chi connectivity index (χ3v) is 3.75. The van der Waals surface area contributed by atoms with Crippen LogP contribution in [-0.4, -0.2) is 31.8 Å². The van der Waals surface area contributed by atoms with E-state index >= 15 is 0 Å². The van der Waals surface area contributed by atoms with E-state index in [9.17, 15) is 0 Å². The fourth-order valence-electron chi connectivity index (χ4n) is 2.69. The lowest BCUT2D eigenvalue weighted by Gasteiger charge is -2.22. The first-order valence-corrected chi connectivity index (χ1v) is 7.44. The summed E-state index contributed by atoms with van der Waals surface area (Å²) in [7, 11) is 0. The second kappa shape index (κ2) is 6.86. The normalized spacial score (nSPS) is 23.8. The van der Waals surface area contributed by atoms with E-state index in [1.165, 1.54) is 17.5 Å². The van der Waals surface area contributed by atoms with Crippen molar-refractivity contribution in [1.29, 1.82) is 0 Å². The smallest absolute Gasteiger partial charge is 0.157 e. The van der Waals surface area contributed by atoms with Crippen LogP contribution in [0.15, 0.2) is 29.4 Å². The van der Waals surface area contributed by atoms with E-state index in [1.807, 2.05) is 6.07 Å². The Morgan fingerprint density at radius 2 is 2.10 bits per heavy atom. The molecule has 0 bridgehead atoms. The highest BCUT2D eigenvalue weighted by Crippen LogP contribution is 2.22. The van der Waals surface area contributed by atoms with E-state index < -0.39 is 0 Å². The number of benzene rings is 1. The van der Waals surface area contributed by atoms with E-state index in [0.29, 0.717) is 13.2 Å². The molecule has 1 saturated heterocycles. The quantitative estimate of drug-likeness (QED) is 0.613. The van der Waals surface area contributed by atoms with Crippen LogP contribution in [0.3, 0.4) is 0 Å². The Balaban J connectivity index is 1.40. The molecule has 1 atom stereocenters. The second-order valence-electron chi connectivity index (χ2n) is 5.20. The molecule has 20 heavy (non-hydrogen) atoms. The maximum absolute atomic E-state index is 5.60. The SMILES string of the molecule is c1ccc2c(c1)CC/C2=N\OCCOC1CCCCO1. The molecule has 4 heteroatoms. The van der Waals surface area contributed by atoms with Gasteiger partial charge in [0.1, 0.15) is 6.61 Å². The molecule has 108 valence electrons. The number of oxime groups is 1. The van der Waals surface area contributed by atoms with Crippen molar-refractivity contribution in [2.24, 2.45) is 5.16 Å². The molecule has 0 radical (unpaired) electrons. The topological polar surface area (TPSA) is 40.0 Å². The summed E-state index contributed by atoms with van der Waals surface area (Å²) < 4.78 is 11.1. The largest absolute Gasteiger partial charge is 0.393 e. The summed E-state index contributed by atoms with van der Waals surface area (Å²) in [6.45, 7) is 1.82. The maximum atomic E-state index is 5.60. The maximum Gasteiger partial charge on any atom is 0.157 e. The minimum atomic E-state index is -0.0489. The Kier molecular flexibility index (Phi) is 4.66. The highest BCUT2D eigenvalue weighted by molar-refractivity contribution is 6.04. The number of fused-ring (bicyclic) bond motifs is 1. The van der Waals surface area contributed by atoms with Gasteiger partial charge in [0, 0.05) is 12.2 Å². The molecule has 0 saturated carbocycles. The molecule has 0 spiro atoms. The Bertz CT molecular complexity index is 467. The number of nitrogens with zero attached hydrogens (tertiary/aromatic N) is 1. The Hall–Kier alpha value is -1.39. The highest BCUT2D eigenvalue weighted by atomic mass is 16.7. The van der Waals surface area contributed by atoms with Gasteiger partial charge in [0.2, 0.25) is 0 Å². The molecule has 1 unspecified atom stereocenters. The van der Waals surface area contributed by atoms with Gasteiger partial charge in [0.25, 0.3) is 0 Å². The van der Waals surface area contributed by atoms with Crippen molar-refractivity contribution in [3.05, 3.63) is 35.4 Å². The first-order chi connectivity index (χ1) is 9.93. The van der Waals surface area contributed by atoms with Gasteiger partial charge >= 0.3 is 0 Å². The Morgan fingerprint density at radius 3 is 3.00 bits per heavy atom. The molecular weight excluding hydrogens is 254 g/mol. The summed E-state index contributed by atoms with van der Waals surface area (Å²) in [6.07, 6.45) is 5.29. The zero-order valence-corrected chi connectivity index (χ0v) is 11.7. The lowest BCUT2D eigenvalue weighted by atomic mass is 10.1. The predicted octanol–water partition coefficient (Wildman–Crippen LogP) is 2.90. The fourth-order valence-corrected chi connectivity index (χ4v) is 2.69. The van der Waals surface area contributed by atoms with Crippen LogP contribution < -0.4 is 0 Å². The van der Waals surface area contributed by atoms with Crippen molar-refractivity contribution < 1.29 is 14.3 Å². The molecule has 0 amide bonds. The number of rotatable bonds is 5. The van der Waals surface area contributed by atoms with Crippen LogP contribution in [0.25, 0.3) is 0 Å². The molecule has 1 aliphatic carbocycles. The minimum absolute atomic E-state index is 0.0489. The summed E-state index contributed by atoms with van der Waals surface area (Å²) in [5.41, 5.74) is 3.64. The summed E-state index contributed by atoms with van der Waals surface area (Å²) in [5.74, 6) is 0. The summed E-state index contributed by atoms with van der Waals surface area (Å²) >= 11 is 0. The predicted molar refractivity (Wildman–Crippen MR) is 76.8 cm³/mol. The van der Waals surface area contributed by atoms with Crippen LogP contribution in [0.2, 0.25) is 0 Å². The van der Waals surface area contributed by atoms with E-state index in [-0.39, 0.29) is 6.29 Å². The molecule has 3 rings (SSSR count). The summed E-state index contributed by atoms with van der Waals surface area (Å²) in [4.78, 5) is 5.37. The molecule has 1 aromatic carbocycles. The molecule has 1 aromatic rings. The van der Waals surface area contributed by atoms with E-state index in [4.69, 9.17) is 14.3 Å². The van der Waals surface area contributed by atoms with Crippen molar-refractivity contribution >= 4 is 5.71 Å². The molecular formula is C16H21NO3. The van der Waals surface area contributed by atoms with Crippen molar-refractivity contribution in [1.82, 2.24) is 0 Å².